The molecule has 6 nitrogen and oxygen atoms in total. The van der Waals surface area contributed by atoms with E-state index >= 15 is 0 Å². The average molecular weight is 211 g/mol. The molecule has 78 valence electrons. The topological polar surface area (TPSA) is 94.9 Å². The summed E-state index contributed by atoms with van der Waals surface area (Å²) >= 11 is 0. The fourth-order valence-corrected chi connectivity index (χ4v) is 1.70. The molecule has 0 saturated heterocycles. The molecule has 0 aliphatic rings. The van der Waals surface area contributed by atoms with Gasteiger partial charge in [-0.3, -0.25) is 4.79 Å². The predicted octanol–water partition coefficient (Wildman–Crippen LogP) is -1.29. The van der Waals surface area contributed by atoms with E-state index in [1.807, 2.05) is 0 Å². The molecule has 0 rings (SSSR count). The van der Waals surface area contributed by atoms with E-state index in [4.69, 9.17) is 10.2 Å². The van der Waals surface area contributed by atoms with Crippen LogP contribution in [0.1, 0.15) is 6.92 Å². The number of nitrogens with zero attached hydrogens (tertiary/aromatic N) is 1. The van der Waals surface area contributed by atoms with Crippen molar-refractivity contribution in [2.45, 2.75) is 13.0 Å². The van der Waals surface area contributed by atoms with Gasteiger partial charge in [-0.2, -0.15) is 4.31 Å². The zero-order chi connectivity index (χ0) is 10.6. The molecule has 0 heterocycles. The van der Waals surface area contributed by atoms with Crippen LogP contribution < -0.4 is 0 Å². The summed E-state index contributed by atoms with van der Waals surface area (Å²) in [7, 11) is -2.43. The number of hydrogen-bond donors (Lipinski definition) is 2. The van der Waals surface area contributed by atoms with E-state index in [0.29, 0.717) is 4.31 Å². The highest BCUT2D eigenvalue weighted by Gasteiger charge is 2.29. The number of carbonyl (C=O) groups is 1. The van der Waals surface area contributed by atoms with Crippen molar-refractivity contribution in [3.8, 4) is 0 Å². The number of likely N-dealkylation sites (N-methyl/N-ethyl adjacent to an activating group) is 1. The van der Waals surface area contributed by atoms with Gasteiger partial charge in [0.2, 0.25) is 10.0 Å². The van der Waals surface area contributed by atoms with Crippen LogP contribution in [0.2, 0.25) is 0 Å². The van der Waals surface area contributed by atoms with E-state index in [-0.39, 0.29) is 5.75 Å². The normalized spacial score (nSPS) is 14.5. The molecule has 0 bridgehead atoms. The van der Waals surface area contributed by atoms with Crippen LogP contribution >= 0.6 is 0 Å². The summed E-state index contributed by atoms with van der Waals surface area (Å²) in [6.45, 7) is 0.674. The van der Waals surface area contributed by atoms with Gasteiger partial charge in [0, 0.05) is 7.05 Å². The Labute approximate surface area is 76.8 Å². The number of rotatable bonds is 5. The van der Waals surface area contributed by atoms with Gasteiger partial charge in [0.25, 0.3) is 0 Å². The molecular formula is C6H13NO5S. The molecule has 0 aliphatic carbocycles. The van der Waals surface area contributed by atoms with Crippen molar-refractivity contribution in [3.05, 3.63) is 0 Å². The van der Waals surface area contributed by atoms with Crippen LogP contribution in [-0.4, -0.2) is 54.4 Å². The van der Waals surface area contributed by atoms with Crippen molar-refractivity contribution in [2.24, 2.45) is 0 Å². The summed E-state index contributed by atoms with van der Waals surface area (Å²) < 4.78 is 23.0. The lowest BCUT2D eigenvalue weighted by atomic mass is 10.3. The SMILES string of the molecule is CCS(=O)(=O)N(C)C(CO)C(=O)O. The van der Waals surface area contributed by atoms with E-state index in [2.05, 4.69) is 0 Å². The second kappa shape index (κ2) is 4.54. The fraction of sp³-hybridized carbons (Fsp3) is 0.833. The lowest BCUT2D eigenvalue weighted by molar-refractivity contribution is -0.142. The Morgan fingerprint density at radius 1 is 1.54 bits per heavy atom. The first-order valence-electron chi connectivity index (χ1n) is 3.66. The van der Waals surface area contributed by atoms with E-state index in [0.717, 1.165) is 7.05 Å². The standard InChI is InChI=1S/C6H13NO5S/c1-3-13(11,12)7(2)5(4-8)6(9)10/h5,8H,3-4H2,1-2H3,(H,9,10). The van der Waals surface area contributed by atoms with Crippen molar-refractivity contribution in [3.63, 3.8) is 0 Å². The Morgan fingerprint density at radius 2 is 2.00 bits per heavy atom. The Morgan fingerprint density at radius 3 is 2.23 bits per heavy atom. The Kier molecular flexibility index (Phi) is 4.31. The molecule has 0 radical (unpaired) electrons. The molecule has 0 spiro atoms. The summed E-state index contributed by atoms with van der Waals surface area (Å²) in [4.78, 5) is 10.5. The van der Waals surface area contributed by atoms with Gasteiger partial charge in [0.1, 0.15) is 6.04 Å². The van der Waals surface area contributed by atoms with Crippen LogP contribution in [0.5, 0.6) is 0 Å². The first-order valence-corrected chi connectivity index (χ1v) is 5.27. The molecule has 0 amide bonds. The average Bonchev–Trinajstić information content (AvgIpc) is 2.05. The molecule has 0 aromatic carbocycles. The minimum Gasteiger partial charge on any atom is -0.480 e. The molecule has 1 unspecified atom stereocenters. The smallest absolute Gasteiger partial charge is 0.324 e. The highest BCUT2D eigenvalue weighted by molar-refractivity contribution is 7.89. The van der Waals surface area contributed by atoms with Crippen molar-refractivity contribution in [1.82, 2.24) is 4.31 Å². The fourth-order valence-electron chi connectivity index (χ4n) is 0.746. The van der Waals surface area contributed by atoms with Gasteiger partial charge in [-0.1, -0.05) is 0 Å². The maximum absolute atomic E-state index is 11.2. The number of sulfonamides is 1. The quantitative estimate of drug-likeness (QED) is 0.590. The molecule has 13 heavy (non-hydrogen) atoms. The van der Waals surface area contributed by atoms with E-state index in [9.17, 15) is 13.2 Å². The molecule has 0 aliphatic heterocycles. The molecule has 0 aromatic rings. The third-order valence-corrected chi connectivity index (χ3v) is 3.56. The number of aliphatic hydroxyl groups is 1. The molecule has 0 saturated carbocycles. The van der Waals surface area contributed by atoms with Crippen molar-refractivity contribution in [2.75, 3.05) is 19.4 Å². The molecule has 7 heteroatoms. The number of hydrogen-bond acceptors (Lipinski definition) is 4. The molecule has 0 aromatic heterocycles. The predicted molar refractivity (Wildman–Crippen MR) is 45.7 cm³/mol. The van der Waals surface area contributed by atoms with Crippen molar-refractivity contribution >= 4 is 16.0 Å². The number of carboxylic acids is 1. The molecular weight excluding hydrogens is 198 g/mol. The Hall–Kier alpha value is -0.660. The first-order chi connectivity index (χ1) is 5.86. The van der Waals surface area contributed by atoms with Crippen LogP contribution in [-0.2, 0) is 14.8 Å². The summed E-state index contributed by atoms with van der Waals surface area (Å²) in [6.07, 6.45) is 0. The van der Waals surface area contributed by atoms with Gasteiger partial charge in [-0.05, 0) is 6.92 Å². The number of carboxylic acid groups (broad SMARTS) is 1. The number of aliphatic carboxylic acids is 1. The van der Waals surface area contributed by atoms with E-state index in [1.165, 1.54) is 6.92 Å². The second-order valence-electron chi connectivity index (χ2n) is 2.45. The van der Waals surface area contributed by atoms with Gasteiger partial charge in [0.15, 0.2) is 0 Å². The third-order valence-electron chi connectivity index (χ3n) is 1.70. The van der Waals surface area contributed by atoms with E-state index < -0.39 is 28.6 Å². The van der Waals surface area contributed by atoms with Crippen LogP contribution in [0, 0.1) is 0 Å². The van der Waals surface area contributed by atoms with Crippen LogP contribution in [0.15, 0.2) is 0 Å². The Bertz CT molecular complexity index is 273. The van der Waals surface area contributed by atoms with Gasteiger partial charge in [0.05, 0.1) is 12.4 Å². The summed E-state index contributed by atoms with van der Waals surface area (Å²) in [5.74, 6) is -1.55. The zero-order valence-electron chi connectivity index (χ0n) is 7.47. The maximum atomic E-state index is 11.2. The summed E-state index contributed by atoms with van der Waals surface area (Å²) in [5, 5.41) is 17.2. The number of aliphatic hydroxyl groups excluding tert-OH is 1. The van der Waals surface area contributed by atoms with Crippen LogP contribution in [0.3, 0.4) is 0 Å². The third kappa shape index (κ3) is 2.94. The van der Waals surface area contributed by atoms with Gasteiger partial charge in [-0.15, -0.1) is 0 Å². The highest BCUT2D eigenvalue weighted by Crippen LogP contribution is 2.04. The summed E-state index contributed by atoms with van der Waals surface area (Å²) in [6, 6.07) is -1.40. The van der Waals surface area contributed by atoms with Crippen molar-refractivity contribution < 1.29 is 23.4 Å². The minimum absolute atomic E-state index is 0.187. The lowest BCUT2D eigenvalue weighted by Crippen LogP contribution is -2.45. The monoisotopic (exact) mass is 211 g/mol. The Balaban J connectivity index is 4.75. The second-order valence-corrected chi connectivity index (χ2v) is 4.77. The van der Waals surface area contributed by atoms with Gasteiger partial charge >= 0.3 is 5.97 Å². The minimum atomic E-state index is -3.56. The molecule has 2 N–H and O–H groups in total. The maximum Gasteiger partial charge on any atom is 0.324 e. The van der Waals surface area contributed by atoms with Crippen molar-refractivity contribution in [1.29, 1.82) is 0 Å². The van der Waals surface area contributed by atoms with Gasteiger partial charge < -0.3 is 10.2 Å². The van der Waals surface area contributed by atoms with Crippen LogP contribution in [0.25, 0.3) is 0 Å². The summed E-state index contributed by atoms with van der Waals surface area (Å²) in [5.41, 5.74) is 0. The first kappa shape index (κ1) is 12.3. The van der Waals surface area contributed by atoms with Gasteiger partial charge in [-0.25, -0.2) is 8.42 Å². The highest BCUT2D eigenvalue weighted by atomic mass is 32.2. The largest absolute Gasteiger partial charge is 0.480 e. The van der Waals surface area contributed by atoms with Crippen LogP contribution in [0.4, 0.5) is 0 Å². The zero-order valence-corrected chi connectivity index (χ0v) is 8.28. The molecule has 1 atom stereocenters. The van der Waals surface area contributed by atoms with E-state index in [1.54, 1.807) is 0 Å². The molecule has 0 fully saturated rings. The lowest BCUT2D eigenvalue weighted by Gasteiger charge is -2.21.